The van der Waals surface area contributed by atoms with Crippen molar-refractivity contribution in [3.8, 4) is 5.75 Å². The molecule has 0 aliphatic heterocycles. The van der Waals surface area contributed by atoms with Crippen molar-refractivity contribution >= 4 is 34.8 Å². The molecular formula is C24H23ClN2O3. The van der Waals surface area contributed by atoms with E-state index in [4.69, 9.17) is 16.3 Å². The number of aryl methyl sites for hydroxylation is 2. The van der Waals surface area contributed by atoms with E-state index in [9.17, 15) is 9.59 Å². The van der Waals surface area contributed by atoms with E-state index in [2.05, 4.69) is 10.6 Å². The monoisotopic (exact) mass is 422 g/mol. The van der Waals surface area contributed by atoms with Crippen molar-refractivity contribution in [2.45, 2.75) is 20.8 Å². The van der Waals surface area contributed by atoms with E-state index in [0.717, 1.165) is 22.4 Å². The summed E-state index contributed by atoms with van der Waals surface area (Å²) in [5, 5.41) is 6.24. The highest BCUT2D eigenvalue weighted by Gasteiger charge is 2.10. The van der Waals surface area contributed by atoms with Gasteiger partial charge in [0.25, 0.3) is 11.8 Å². The minimum atomic E-state index is -0.299. The van der Waals surface area contributed by atoms with Gasteiger partial charge in [-0.25, -0.2) is 0 Å². The van der Waals surface area contributed by atoms with Gasteiger partial charge in [-0.2, -0.15) is 0 Å². The van der Waals surface area contributed by atoms with Crippen LogP contribution in [0.1, 0.15) is 27.0 Å². The third-order valence-corrected chi connectivity index (χ3v) is 5.20. The van der Waals surface area contributed by atoms with E-state index in [1.54, 1.807) is 36.4 Å². The largest absolute Gasteiger partial charge is 0.484 e. The topological polar surface area (TPSA) is 67.4 Å². The highest BCUT2D eigenvalue weighted by molar-refractivity contribution is 6.31. The van der Waals surface area contributed by atoms with E-state index in [1.165, 1.54) is 0 Å². The maximum absolute atomic E-state index is 12.5. The molecule has 30 heavy (non-hydrogen) atoms. The van der Waals surface area contributed by atoms with Crippen LogP contribution in [0.25, 0.3) is 0 Å². The Morgan fingerprint density at radius 3 is 2.33 bits per heavy atom. The summed E-state index contributed by atoms with van der Waals surface area (Å²) in [6, 6.07) is 17.7. The second kappa shape index (κ2) is 9.46. The van der Waals surface area contributed by atoms with Crippen LogP contribution >= 0.6 is 11.6 Å². The van der Waals surface area contributed by atoms with Gasteiger partial charge in [0.15, 0.2) is 6.61 Å². The lowest BCUT2D eigenvalue weighted by Crippen LogP contribution is -2.20. The Hall–Kier alpha value is -3.31. The molecular weight excluding hydrogens is 400 g/mol. The van der Waals surface area contributed by atoms with Gasteiger partial charge in [-0.05, 0) is 79.9 Å². The summed E-state index contributed by atoms with van der Waals surface area (Å²) < 4.78 is 5.51. The Morgan fingerprint density at radius 2 is 1.63 bits per heavy atom. The van der Waals surface area contributed by atoms with Crippen LogP contribution in [-0.4, -0.2) is 18.4 Å². The molecule has 0 aliphatic rings. The van der Waals surface area contributed by atoms with Crippen LogP contribution < -0.4 is 15.4 Å². The molecule has 0 aliphatic carbocycles. The van der Waals surface area contributed by atoms with Crippen LogP contribution in [0, 0.1) is 20.8 Å². The molecule has 3 rings (SSSR count). The fourth-order valence-corrected chi connectivity index (χ4v) is 2.98. The minimum absolute atomic E-state index is 0.153. The molecule has 2 amide bonds. The quantitative estimate of drug-likeness (QED) is 0.548. The average Bonchev–Trinajstić information content (AvgIpc) is 2.73. The van der Waals surface area contributed by atoms with Gasteiger partial charge in [-0.1, -0.05) is 29.8 Å². The second-order valence-corrected chi connectivity index (χ2v) is 7.43. The number of nitrogens with one attached hydrogen (secondary N) is 2. The van der Waals surface area contributed by atoms with Crippen molar-refractivity contribution in [1.29, 1.82) is 0 Å². The summed E-state index contributed by atoms with van der Waals surface area (Å²) in [6.07, 6.45) is 0. The van der Waals surface area contributed by atoms with Gasteiger partial charge in [-0.15, -0.1) is 0 Å². The molecule has 0 aromatic heterocycles. The van der Waals surface area contributed by atoms with Crippen LogP contribution in [0.4, 0.5) is 11.4 Å². The molecule has 154 valence electrons. The zero-order valence-electron chi connectivity index (χ0n) is 17.1. The minimum Gasteiger partial charge on any atom is -0.484 e. The second-order valence-electron chi connectivity index (χ2n) is 7.03. The molecule has 5 nitrogen and oxygen atoms in total. The van der Waals surface area contributed by atoms with Crippen LogP contribution in [0.3, 0.4) is 0 Å². The zero-order chi connectivity index (χ0) is 21.7. The first-order chi connectivity index (χ1) is 14.3. The van der Waals surface area contributed by atoms with Gasteiger partial charge in [0, 0.05) is 22.0 Å². The summed E-state index contributed by atoms with van der Waals surface area (Å²) in [6.45, 7) is 5.71. The fourth-order valence-electron chi connectivity index (χ4n) is 2.80. The number of hydrogen-bond donors (Lipinski definition) is 2. The molecule has 0 radical (unpaired) electrons. The molecule has 0 atom stereocenters. The summed E-state index contributed by atoms with van der Waals surface area (Å²) in [4.78, 5) is 24.6. The lowest BCUT2D eigenvalue weighted by molar-refractivity contribution is -0.118. The molecule has 6 heteroatoms. The lowest BCUT2D eigenvalue weighted by Gasteiger charge is -2.11. The Morgan fingerprint density at radius 1 is 0.900 bits per heavy atom. The van der Waals surface area contributed by atoms with E-state index >= 15 is 0 Å². The van der Waals surface area contributed by atoms with Gasteiger partial charge < -0.3 is 15.4 Å². The average molecular weight is 423 g/mol. The number of carbonyl (C=O) groups excluding carboxylic acids is 2. The zero-order valence-corrected chi connectivity index (χ0v) is 17.8. The number of halogens is 1. The molecule has 0 fully saturated rings. The Labute approximate surface area is 181 Å². The third-order valence-electron chi connectivity index (χ3n) is 4.79. The first-order valence-electron chi connectivity index (χ1n) is 9.50. The smallest absolute Gasteiger partial charge is 0.262 e. The van der Waals surface area contributed by atoms with Crippen LogP contribution in [0.2, 0.25) is 5.02 Å². The molecule has 0 unspecified atom stereocenters. The van der Waals surface area contributed by atoms with E-state index in [1.807, 2.05) is 45.0 Å². The van der Waals surface area contributed by atoms with Gasteiger partial charge in [0.2, 0.25) is 0 Å². The predicted octanol–water partition coefficient (Wildman–Crippen LogP) is 5.54. The molecule has 0 bridgehead atoms. The third kappa shape index (κ3) is 5.39. The fraction of sp³-hybridized carbons (Fsp3) is 0.167. The number of benzene rings is 3. The van der Waals surface area contributed by atoms with Gasteiger partial charge in [-0.3, -0.25) is 9.59 Å². The van der Waals surface area contributed by atoms with Gasteiger partial charge >= 0.3 is 0 Å². The number of carbonyl (C=O) groups is 2. The van der Waals surface area contributed by atoms with E-state index in [0.29, 0.717) is 22.0 Å². The maximum Gasteiger partial charge on any atom is 0.262 e. The van der Waals surface area contributed by atoms with E-state index < -0.39 is 0 Å². The predicted molar refractivity (Wildman–Crippen MR) is 121 cm³/mol. The van der Waals surface area contributed by atoms with Crippen molar-refractivity contribution in [2.24, 2.45) is 0 Å². The molecule has 0 saturated carbocycles. The van der Waals surface area contributed by atoms with Crippen molar-refractivity contribution in [1.82, 2.24) is 0 Å². The summed E-state index contributed by atoms with van der Waals surface area (Å²) in [5.41, 5.74) is 4.98. The summed E-state index contributed by atoms with van der Waals surface area (Å²) in [5.74, 6) is -0.00807. The van der Waals surface area contributed by atoms with Gasteiger partial charge in [0.1, 0.15) is 5.75 Å². The van der Waals surface area contributed by atoms with Crippen molar-refractivity contribution in [2.75, 3.05) is 17.2 Å². The molecule has 3 aromatic carbocycles. The molecule has 0 heterocycles. The Bertz CT molecular complexity index is 1080. The van der Waals surface area contributed by atoms with Crippen molar-refractivity contribution in [3.05, 3.63) is 87.9 Å². The number of hydrogen-bond acceptors (Lipinski definition) is 3. The molecule has 0 spiro atoms. The van der Waals surface area contributed by atoms with Crippen LogP contribution in [0.15, 0.2) is 60.7 Å². The van der Waals surface area contributed by atoms with Crippen molar-refractivity contribution in [3.63, 3.8) is 0 Å². The SMILES string of the molecule is Cc1ccc(NC(=O)COc2ccc(C(=O)Nc3cccc(C)c3C)cc2)cc1Cl. The van der Waals surface area contributed by atoms with Crippen LogP contribution in [0.5, 0.6) is 5.75 Å². The molecule has 2 N–H and O–H groups in total. The number of amides is 2. The first-order valence-corrected chi connectivity index (χ1v) is 9.87. The number of rotatable bonds is 6. The number of ether oxygens (including phenoxy) is 1. The highest BCUT2D eigenvalue weighted by atomic mass is 35.5. The summed E-state index contributed by atoms with van der Waals surface area (Å²) in [7, 11) is 0. The molecule has 0 saturated heterocycles. The van der Waals surface area contributed by atoms with E-state index in [-0.39, 0.29) is 18.4 Å². The summed E-state index contributed by atoms with van der Waals surface area (Å²) >= 11 is 6.06. The van der Waals surface area contributed by atoms with Crippen LogP contribution in [-0.2, 0) is 4.79 Å². The Kier molecular flexibility index (Phi) is 6.75. The number of anilines is 2. The van der Waals surface area contributed by atoms with Crippen molar-refractivity contribution < 1.29 is 14.3 Å². The standard InChI is InChI=1S/C24H23ClN2O3/c1-15-5-4-6-22(17(15)3)27-24(29)18-8-11-20(12-9-18)30-14-23(28)26-19-10-7-16(2)21(25)13-19/h4-13H,14H2,1-3H3,(H,26,28)(H,27,29). The maximum atomic E-state index is 12.5. The highest BCUT2D eigenvalue weighted by Crippen LogP contribution is 2.21. The lowest BCUT2D eigenvalue weighted by atomic mass is 10.1. The first kappa shape index (κ1) is 21.4. The Balaban J connectivity index is 1.55. The molecule has 3 aromatic rings. The van der Waals surface area contributed by atoms with Gasteiger partial charge in [0.05, 0.1) is 0 Å². The normalized spacial score (nSPS) is 10.4.